The number of rotatable bonds is 2. The van der Waals surface area contributed by atoms with Gasteiger partial charge in [-0.1, -0.05) is 51.0 Å². The summed E-state index contributed by atoms with van der Waals surface area (Å²) in [5.41, 5.74) is -14.9. The predicted octanol–water partition coefficient (Wildman–Crippen LogP) is 0.856. The normalized spacial score (nSPS) is 59.9. The van der Waals surface area contributed by atoms with E-state index in [0.717, 1.165) is 11.1 Å². The van der Waals surface area contributed by atoms with E-state index in [4.69, 9.17) is 14.2 Å². The highest BCUT2D eigenvalue weighted by atomic mass is 16.7. The molecule has 11 aliphatic rings. The van der Waals surface area contributed by atoms with Crippen LogP contribution in [0.25, 0.3) is 0 Å². The highest BCUT2D eigenvalue weighted by Gasteiger charge is 3.12. The molecule has 5 heterocycles. The summed E-state index contributed by atoms with van der Waals surface area (Å²) < 4.78 is 19.5. The molecule has 5 N–H and O–H groups in total. The van der Waals surface area contributed by atoms with E-state index >= 15 is 24.0 Å². The Morgan fingerprint density at radius 2 is 1.69 bits per heavy atom. The first kappa shape index (κ1) is 35.1. The Bertz CT molecular complexity index is 2110. The molecule has 0 aromatic heterocycles. The first-order chi connectivity index (χ1) is 25.7. The van der Waals surface area contributed by atoms with Gasteiger partial charge in [0.25, 0.3) is 0 Å². The molecule has 3 spiro atoms. The minimum Gasteiger partial charge on any atom is -0.500 e. The van der Waals surface area contributed by atoms with Gasteiger partial charge in [-0.3, -0.25) is 24.0 Å². The maximum Gasteiger partial charge on any atom is 0.235 e. The number of Topliss-reactive ketones (excluding diaryl/α,β-unsaturated/α-hetero) is 4. The molecule has 6 aliphatic carbocycles. The van der Waals surface area contributed by atoms with Crippen molar-refractivity contribution in [2.24, 2.45) is 68.5 Å². The third kappa shape index (κ3) is 2.71. The van der Waals surface area contributed by atoms with Gasteiger partial charge in [0.2, 0.25) is 11.7 Å². The van der Waals surface area contributed by atoms with Crippen molar-refractivity contribution in [3.63, 3.8) is 0 Å². The minimum atomic E-state index is -3.15. The largest absolute Gasteiger partial charge is 0.500 e. The van der Waals surface area contributed by atoms with Crippen LogP contribution in [0.3, 0.4) is 0 Å². The summed E-state index contributed by atoms with van der Waals surface area (Å²) in [7, 11) is 0. The number of aliphatic hydroxyl groups is 4. The molecule has 1 unspecified atom stereocenters. The average molecular weight is 760 g/mol. The number of ether oxygens (including phenoxy) is 3. The molecule has 294 valence electrons. The van der Waals surface area contributed by atoms with Crippen LogP contribution in [0.15, 0.2) is 35.1 Å². The van der Waals surface area contributed by atoms with Crippen LogP contribution in [-0.4, -0.2) is 104 Å². The third-order valence-electron chi connectivity index (χ3n) is 18.1. The smallest absolute Gasteiger partial charge is 0.235 e. The third-order valence-corrected chi connectivity index (χ3v) is 18.1. The summed E-state index contributed by atoms with van der Waals surface area (Å²) >= 11 is 0. The molecule has 0 radical (unpaired) electrons. The number of amides is 1. The number of fused-ring (bicyclic) bond motifs is 4. The van der Waals surface area contributed by atoms with Gasteiger partial charge in [-0.2, -0.15) is 0 Å². The summed E-state index contributed by atoms with van der Waals surface area (Å²) in [6.45, 7) is 12.5. The summed E-state index contributed by atoms with van der Waals surface area (Å²) in [4.78, 5) is 77.3. The fraction of sp³-hybridized carbons (Fsp3) is 0.738. The van der Waals surface area contributed by atoms with Gasteiger partial charge < -0.3 is 40.0 Å². The van der Waals surface area contributed by atoms with Crippen molar-refractivity contribution in [1.29, 1.82) is 0 Å². The number of hydrogen-bond donors (Lipinski definition) is 5. The number of carbonyl (C=O) groups excluding carboxylic acids is 5. The molecule has 0 aromatic carbocycles. The Labute approximate surface area is 317 Å². The maximum atomic E-state index is 16.5. The molecule has 13 nitrogen and oxygen atoms in total. The summed E-state index contributed by atoms with van der Waals surface area (Å²) in [5, 5.41) is 55.3. The first-order valence-corrected chi connectivity index (χ1v) is 20.1. The molecule has 55 heavy (non-hydrogen) atoms. The molecule has 13 heteroatoms. The van der Waals surface area contributed by atoms with E-state index in [1.54, 1.807) is 0 Å². The van der Waals surface area contributed by atoms with E-state index in [-0.39, 0.29) is 29.9 Å². The van der Waals surface area contributed by atoms with Gasteiger partial charge in [0.1, 0.15) is 22.9 Å². The second kappa shape index (κ2) is 9.45. The quantitative estimate of drug-likeness (QED) is 0.197. The molecule has 1 amide bonds. The van der Waals surface area contributed by atoms with Crippen LogP contribution in [0.5, 0.6) is 0 Å². The number of aliphatic hydroxyl groups excluding tert-OH is 1. The number of nitrogens with one attached hydrogen (secondary N) is 1. The lowest BCUT2D eigenvalue weighted by molar-refractivity contribution is -0.464. The molecule has 8 fully saturated rings. The Morgan fingerprint density at radius 3 is 2.38 bits per heavy atom. The van der Waals surface area contributed by atoms with Gasteiger partial charge in [-0.15, -0.1) is 0 Å². The molecule has 5 aliphatic heterocycles. The van der Waals surface area contributed by atoms with Crippen LogP contribution < -0.4 is 5.32 Å². The van der Waals surface area contributed by atoms with E-state index in [0.29, 0.717) is 12.8 Å². The molecular weight excluding hydrogens is 710 g/mol. The van der Waals surface area contributed by atoms with E-state index in [2.05, 4.69) is 19.2 Å². The molecule has 4 saturated carbocycles. The molecule has 0 aromatic rings. The minimum absolute atomic E-state index is 0.0618. The monoisotopic (exact) mass is 759 g/mol. The lowest BCUT2D eigenvalue weighted by atomic mass is 9.31. The van der Waals surface area contributed by atoms with Gasteiger partial charge in [0.15, 0.2) is 34.3 Å². The van der Waals surface area contributed by atoms with Crippen LogP contribution in [-0.2, 0) is 38.2 Å². The summed E-state index contributed by atoms with van der Waals surface area (Å²) in [5.74, 6) is -12.3. The van der Waals surface area contributed by atoms with E-state index in [1.165, 1.54) is 20.1 Å². The van der Waals surface area contributed by atoms with E-state index < -0.39 is 134 Å². The van der Waals surface area contributed by atoms with Gasteiger partial charge in [0.05, 0.1) is 42.0 Å². The zero-order valence-electron chi connectivity index (χ0n) is 32.0. The zero-order valence-corrected chi connectivity index (χ0v) is 32.0. The number of allylic oxidation sites excluding steroid dienone is 4. The summed E-state index contributed by atoms with van der Waals surface area (Å²) in [6, 6.07) is -0.362. The second-order valence-electron chi connectivity index (χ2n) is 19.8. The van der Waals surface area contributed by atoms with Crippen molar-refractivity contribution in [3.05, 3.63) is 35.1 Å². The maximum absolute atomic E-state index is 16.5. The Morgan fingerprint density at radius 1 is 0.982 bits per heavy atom. The van der Waals surface area contributed by atoms with Crippen molar-refractivity contribution >= 4 is 29.0 Å². The Hall–Kier alpha value is -3.07. The first-order valence-electron chi connectivity index (χ1n) is 20.1. The van der Waals surface area contributed by atoms with Gasteiger partial charge in [-0.05, 0) is 57.4 Å². The summed E-state index contributed by atoms with van der Waals surface area (Å²) in [6.07, 6.45) is 0.299. The van der Waals surface area contributed by atoms with Crippen molar-refractivity contribution in [1.82, 2.24) is 5.32 Å². The predicted molar refractivity (Wildman–Crippen MR) is 187 cm³/mol. The van der Waals surface area contributed by atoms with Gasteiger partial charge in [0, 0.05) is 35.1 Å². The zero-order chi connectivity index (χ0) is 39.3. The Balaban J connectivity index is 1.25. The van der Waals surface area contributed by atoms with Crippen LogP contribution in [0.2, 0.25) is 0 Å². The van der Waals surface area contributed by atoms with E-state index in [1.807, 2.05) is 32.9 Å². The number of ketones is 4. The van der Waals surface area contributed by atoms with Crippen molar-refractivity contribution in [2.45, 2.75) is 115 Å². The fourth-order valence-electron chi connectivity index (χ4n) is 16.5. The topological polar surface area (TPSA) is 206 Å². The highest BCUT2D eigenvalue weighted by molar-refractivity contribution is 6.29. The van der Waals surface area contributed by atoms with E-state index in [9.17, 15) is 20.4 Å². The van der Waals surface area contributed by atoms with Crippen molar-refractivity contribution in [2.75, 3.05) is 6.61 Å². The molecule has 11 rings (SSSR count). The Kier molecular flexibility index (Phi) is 6.03. The van der Waals surface area contributed by atoms with Crippen LogP contribution >= 0.6 is 0 Å². The van der Waals surface area contributed by atoms with Crippen molar-refractivity contribution < 1.29 is 58.6 Å². The van der Waals surface area contributed by atoms with Crippen LogP contribution in [0, 0.1) is 68.5 Å². The molecular formula is C42H49NO12. The second-order valence-corrected chi connectivity index (χ2v) is 19.8. The lowest BCUT2D eigenvalue weighted by Gasteiger charge is -2.74. The number of hydrogen-bond acceptors (Lipinski definition) is 12. The van der Waals surface area contributed by atoms with Crippen molar-refractivity contribution in [3.8, 4) is 0 Å². The van der Waals surface area contributed by atoms with Crippen LogP contribution in [0.4, 0.5) is 0 Å². The number of carbonyl (C=O) groups is 5. The highest BCUT2D eigenvalue weighted by Crippen LogP contribution is 2.95. The molecule has 4 saturated heterocycles. The standard InChI is InChI=1S/C42H49NO12/c1-15(2)10-21-26-18(5)17(4)12-20-11-16(3)8-9-22(44)27-24-25(29(46)37(20,26)34(49)43-21)30-38-19(6)28(45)41(51)36-14-53-13-23(36)35(38,7)32(47)39(50,33(36)48)40(38,31(24)54-30)42(41,52)55-27/h11-13,15,18-22,24-27,30-31,44,50-52H,8-10,14H2,1-7H3,(H,43,49)/t18-,19-,20+,21+,22-,24-,25-,26+,27-,30+,31-,35+,36-,37+,38-,39-,40?,41-,42+/m1/s1. The van der Waals surface area contributed by atoms with Gasteiger partial charge >= 0.3 is 0 Å². The van der Waals surface area contributed by atoms with Gasteiger partial charge in [-0.25, -0.2) is 0 Å². The molecule has 19 atom stereocenters. The average Bonchev–Trinajstić information content (AvgIpc) is 3.90. The SMILES string of the molecule is CC1=C[C@H]2C=C(C)[C@@H](C)[C@H]3[C@H](CC(C)C)NC(=O)[C@@]23C(=O)[C@H]2[C@@H]3[C@H](O[C@@]4(O)C56[C@@H]3O[C@@H]2[C@@]52[C@H](C)C(=O)[C@@]4(O)[C@]34COC=C3[C@@]2(C)C(=O)[C@@]6(O)C4=O)[C@H](O)CC1. The fourth-order valence-corrected chi connectivity index (χ4v) is 16.5. The lowest BCUT2D eigenvalue weighted by Crippen LogP contribution is -2.96. The van der Waals surface area contributed by atoms with Crippen LogP contribution in [0.1, 0.15) is 67.7 Å². The molecule has 7 bridgehead atoms.